The van der Waals surface area contributed by atoms with Crippen LogP contribution in [0.3, 0.4) is 0 Å². The highest BCUT2D eigenvalue weighted by atomic mass is 32.2. The Hall–Kier alpha value is -0.740. The van der Waals surface area contributed by atoms with Gasteiger partial charge >= 0.3 is 0 Å². The van der Waals surface area contributed by atoms with Gasteiger partial charge in [0.15, 0.2) is 4.32 Å². The van der Waals surface area contributed by atoms with Crippen LogP contribution in [0.25, 0.3) is 0 Å². The molecule has 0 spiro atoms. The third kappa shape index (κ3) is 6.26. The van der Waals surface area contributed by atoms with E-state index < -0.39 is 0 Å². The van der Waals surface area contributed by atoms with Crippen molar-refractivity contribution in [2.45, 2.75) is 44.8 Å². The van der Waals surface area contributed by atoms with E-state index in [1.165, 1.54) is 25.7 Å². The number of anilines is 1. The fourth-order valence-corrected chi connectivity index (χ4v) is 3.31. The summed E-state index contributed by atoms with van der Waals surface area (Å²) in [4.78, 5) is 0. The summed E-state index contributed by atoms with van der Waals surface area (Å²) in [5.41, 5.74) is 7.24. The fourth-order valence-electron chi connectivity index (χ4n) is 1.73. The monoisotopic (exact) mass is 282 g/mol. The highest BCUT2D eigenvalue weighted by molar-refractivity contribution is 8.23. The maximum absolute atomic E-state index is 5.35. The zero-order valence-corrected chi connectivity index (χ0v) is 12.7. The number of thioether (sulfide) groups is 1. The number of hydrogen-bond acceptors (Lipinski definition) is 3. The van der Waals surface area contributed by atoms with Crippen LogP contribution in [0.15, 0.2) is 30.3 Å². The molecular formula is C14H22N2S2. The molecule has 100 valence electrons. The molecule has 0 aromatic heterocycles. The lowest BCUT2D eigenvalue weighted by Crippen LogP contribution is -2.27. The summed E-state index contributed by atoms with van der Waals surface area (Å²) >= 11 is 7.12. The molecule has 1 aromatic carbocycles. The Morgan fingerprint density at radius 1 is 1.17 bits per heavy atom. The lowest BCUT2D eigenvalue weighted by Gasteiger charge is -2.16. The largest absolute Gasteiger partial charge is 0.300 e. The van der Waals surface area contributed by atoms with Crippen molar-refractivity contribution in [1.82, 2.24) is 5.43 Å². The zero-order valence-electron chi connectivity index (χ0n) is 11.1. The first-order chi connectivity index (χ1) is 8.76. The molecule has 18 heavy (non-hydrogen) atoms. The number of thiocarbonyl (C=S) groups is 1. The highest BCUT2D eigenvalue weighted by Gasteiger charge is 2.10. The summed E-state index contributed by atoms with van der Waals surface area (Å²) in [6.07, 6.45) is 4.89. The molecular weight excluding hydrogens is 260 g/mol. The second-order valence-electron chi connectivity index (χ2n) is 4.22. The molecule has 0 aliphatic carbocycles. The number of para-hydroxylation sites is 1. The van der Waals surface area contributed by atoms with Crippen molar-refractivity contribution in [1.29, 1.82) is 0 Å². The van der Waals surface area contributed by atoms with Gasteiger partial charge in [-0.25, -0.2) is 0 Å². The third-order valence-corrected chi connectivity index (χ3v) is 4.09. The Kier molecular flexibility index (Phi) is 7.85. The maximum atomic E-state index is 5.35. The van der Waals surface area contributed by atoms with Gasteiger partial charge in [0, 0.05) is 5.25 Å². The molecule has 0 unspecified atom stereocenters. The van der Waals surface area contributed by atoms with Gasteiger partial charge in [-0.1, -0.05) is 68.9 Å². The molecule has 4 heteroatoms. The molecule has 0 aliphatic heterocycles. The molecule has 0 atom stereocenters. The van der Waals surface area contributed by atoms with E-state index in [2.05, 4.69) is 24.7 Å². The van der Waals surface area contributed by atoms with Gasteiger partial charge in [-0.2, -0.15) is 0 Å². The normalized spacial score (nSPS) is 10.4. The first-order valence-corrected chi connectivity index (χ1v) is 7.82. The molecule has 2 nitrogen and oxygen atoms in total. The topological polar surface area (TPSA) is 24.1 Å². The second kappa shape index (κ2) is 9.22. The van der Waals surface area contributed by atoms with E-state index in [0.29, 0.717) is 5.25 Å². The van der Waals surface area contributed by atoms with Crippen molar-refractivity contribution in [3.8, 4) is 0 Å². The fraction of sp³-hybridized carbons (Fsp3) is 0.500. The van der Waals surface area contributed by atoms with Gasteiger partial charge in [0.1, 0.15) is 0 Å². The number of hydrogen-bond donors (Lipinski definition) is 2. The molecule has 0 fully saturated rings. The van der Waals surface area contributed by atoms with Gasteiger partial charge in [-0.05, 0) is 25.0 Å². The van der Waals surface area contributed by atoms with Crippen molar-refractivity contribution in [2.75, 3.05) is 5.43 Å². The minimum atomic E-state index is 0.637. The predicted octanol–water partition coefficient (Wildman–Crippen LogP) is 4.59. The van der Waals surface area contributed by atoms with Crippen LogP contribution in [0.2, 0.25) is 0 Å². The summed E-state index contributed by atoms with van der Waals surface area (Å²) < 4.78 is 0.825. The van der Waals surface area contributed by atoms with Crippen LogP contribution in [0.5, 0.6) is 0 Å². The van der Waals surface area contributed by atoms with Crippen LogP contribution in [-0.4, -0.2) is 9.57 Å². The zero-order chi connectivity index (χ0) is 13.2. The van der Waals surface area contributed by atoms with Crippen LogP contribution < -0.4 is 10.9 Å². The van der Waals surface area contributed by atoms with E-state index in [1.54, 1.807) is 11.8 Å². The van der Waals surface area contributed by atoms with E-state index in [4.69, 9.17) is 12.2 Å². The number of rotatable bonds is 7. The molecule has 2 N–H and O–H groups in total. The van der Waals surface area contributed by atoms with Gasteiger partial charge in [0.25, 0.3) is 0 Å². The van der Waals surface area contributed by atoms with E-state index in [9.17, 15) is 0 Å². The number of benzene rings is 1. The molecule has 0 radical (unpaired) electrons. The lowest BCUT2D eigenvalue weighted by atomic mass is 10.2. The number of nitrogens with one attached hydrogen (secondary N) is 2. The molecule has 0 amide bonds. The molecule has 1 aromatic rings. The summed E-state index contributed by atoms with van der Waals surface area (Å²) in [5, 5.41) is 0.637. The van der Waals surface area contributed by atoms with Crippen LogP contribution in [-0.2, 0) is 0 Å². The smallest absolute Gasteiger partial charge is 0.152 e. The summed E-state index contributed by atoms with van der Waals surface area (Å²) in [6, 6.07) is 10.0. The third-order valence-electron chi connectivity index (χ3n) is 2.58. The standard InChI is InChI=1S/C14H22N2S2/c1-3-8-13(9-4-2)18-14(17)16-15-12-10-6-5-7-11-12/h5-7,10-11,13,15H,3-4,8-9H2,1-2H3,(H,16,17). The van der Waals surface area contributed by atoms with Gasteiger partial charge in [-0.15, -0.1) is 0 Å². The maximum Gasteiger partial charge on any atom is 0.152 e. The Morgan fingerprint density at radius 3 is 2.33 bits per heavy atom. The summed E-state index contributed by atoms with van der Waals surface area (Å²) in [6.45, 7) is 4.45. The number of hydrazine groups is 1. The average molecular weight is 282 g/mol. The Labute approximate surface area is 120 Å². The highest BCUT2D eigenvalue weighted by Crippen LogP contribution is 2.22. The van der Waals surface area contributed by atoms with Crippen LogP contribution in [0.1, 0.15) is 39.5 Å². The van der Waals surface area contributed by atoms with E-state index >= 15 is 0 Å². The SMILES string of the molecule is CCCC(CCC)SC(=S)NNc1ccccc1. The van der Waals surface area contributed by atoms with Crippen molar-refractivity contribution in [2.24, 2.45) is 0 Å². The predicted molar refractivity (Wildman–Crippen MR) is 87.0 cm³/mol. The van der Waals surface area contributed by atoms with Crippen molar-refractivity contribution in [3.05, 3.63) is 30.3 Å². The minimum Gasteiger partial charge on any atom is -0.300 e. The second-order valence-corrected chi connectivity index (χ2v) is 6.20. The Morgan fingerprint density at radius 2 is 1.78 bits per heavy atom. The van der Waals surface area contributed by atoms with Crippen molar-refractivity contribution < 1.29 is 0 Å². The Bertz CT molecular complexity index is 335. The first-order valence-electron chi connectivity index (χ1n) is 6.54. The van der Waals surface area contributed by atoms with Gasteiger partial charge in [0.2, 0.25) is 0 Å². The molecule has 1 rings (SSSR count). The van der Waals surface area contributed by atoms with E-state index in [0.717, 1.165) is 10.0 Å². The lowest BCUT2D eigenvalue weighted by molar-refractivity contribution is 0.675. The van der Waals surface area contributed by atoms with Gasteiger partial charge < -0.3 is 0 Å². The van der Waals surface area contributed by atoms with E-state index in [1.807, 2.05) is 30.3 Å². The average Bonchev–Trinajstić information content (AvgIpc) is 2.38. The van der Waals surface area contributed by atoms with E-state index in [-0.39, 0.29) is 0 Å². The van der Waals surface area contributed by atoms with Crippen molar-refractivity contribution >= 4 is 34.0 Å². The Balaban J connectivity index is 2.31. The summed E-state index contributed by atoms with van der Waals surface area (Å²) in [5.74, 6) is 0. The van der Waals surface area contributed by atoms with Crippen LogP contribution in [0, 0.1) is 0 Å². The van der Waals surface area contributed by atoms with Crippen LogP contribution in [0.4, 0.5) is 5.69 Å². The molecule has 0 saturated heterocycles. The molecule has 0 bridgehead atoms. The van der Waals surface area contributed by atoms with Gasteiger partial charge in [-0.3, -0.25) is 10.9 Å². The quantitative estimate of drug-likeness (QED) is 0.564. The molecule has 0 saturated carbocycles. The summed E-state index contributed by atoms with van der Waals surface area (Å²) in [7, 11) is 0. The van der Waals surface area contributed by atoms with Gasteiger partial charge in [0.05, 0.1) is 5.69 Å². The van der Waals surface area contributed by atoms with Crippen LogP contribution >= 0.6 is 24.0 Å². The van der Waals surface area contributed by atoms with Crippen molar-refractivity contribution in [3.63, 3.8) is 0 Å². The minimum absolute atomic E-state index is 0.637. The molecule has 0 aliphatic rings. The first kappa shape index (κ1) is 15.3. The molecule has 0 heterocycles.